The first-order valence-electron chi connectivity index (χ1n) is 6.16. The maximum atomic E-state index is 11.9. The van der Waals surface area contributed by atoms with Crippen LogP contribution in [0.2, 0.25) is 0 Å². The summed E-state index contributed by atoms with van der Waals surface area (Å²) in [5, 5.41) is 0. The first kappa shape index (κ1) is 17.7. The van der Waals surface area contributed by atoms with E-state index in [2.05, 4.69) is 0 Å². The Bertz CT molecular complexity index is 397. The molecule has 1 rings (SSSR count). The summed E-state index contributed by atoms with van der Waals surface area (Å²) >= 11 is 0. The molecule has 0 aliphatic rings. The molecular weight excluding hydrogens is 264 g/mol. The van der Waals surface area contributed by atoms with Crippen LogP contribution in [0.1, 0.15) is 25.3 Å². The van der Waals surface area contributed by atoms with Gasteiger partial charge in [0.25, 0.3) is 0 Å². The van der Waals surface area contributed by atoms with E-state index in [0.717, 1.165) is 17.7 Å². The van der Waals surface area contributed by atoms with Gasteiger partial charge in [-0.2, -0.15) is 0 Å². The molecule has 4 nitrogen and oxygen atoms in total. The van der Waals surface area contributed by atoms with Crippen LogP contribution in [0, 0.1) is 0 Å². The fourth-order valence-electron chi connectivity index (χ4n) is 1.72. The number of nitrogens with zero attached hydrogens (tertiary/aromatic N) is 1. The van der Waals surface area contributed by atoms with Crippen LogP contribution >= 0.6 is 12.4 Å². The lowest BCUT2D eigenvalue weighted by Crippen LogP contribution is -2.28. The second kappa shape index (κ2) is 8.77. The number of para-hydroxylation sites is 1. The quantitative estimate of drug-likeness (QED) is 0.872. The molecule has 1 aromatic carbocycles. The lowest BCUT2D eigenvalue weighted by Gasteiger charge is -2.19. The summed E-state index contributed by atoms with van der Waals surface area (Å²) in [6, 6.07) is 7.79. The van der Waals surface area contributed by atoms with Crippen LogP contribution in [0.15, 0.2) is 24.3 Å². The highest BCUT2D eigenvalue weighted by molar-refractivity contribution is 5.85. The topological polar surface area (TPSA) is 55.6 Å². The number of carbonyl (C=O) groups is 1. The Morgan fingerprint density at radius 2 is 2.05 bits per heavy atom. The predicted octanol–water partition coefficient (Wildman–Crippen LogP) is 2.20. The first-order valence-corrected chi connectivity index (χ1v) is 6.16. The number of rotatable bonds is 6. The molecule has 0 aliphatic heterocycles. The van der Waals surface area contributed by atoms with Gasteiger partial charge in [0.05, 0.1) is 7.11 Å². The Morgan fingerprint density at radius 3 is 2.63 bits per heavy atom. The van der Waals surface area contributed by atoms with Gasteiger partial charge < -0.3 is 15.4 Å². The Kier molecular flexibility index (Phi) is 8.19. The van der Waals surface area contributed by atoms with E-state index >= 15 is 0 Å². The number of carbonyl (C=O) groups excluding carboxylic acids is 1. The van der Waals surface area contributed by atoms with Crippen LogP contribution in [-0.2, 0) is 11.3 Å². The second-order valence-corrected chi connectivity index (χ2v) is 4.58. The normalized spacial score (nSPS) is 11.4. The van der Waals surface area contributed by atoms with Gasteiger partial charge in [-0.25, -0.2) is 0 Å². The van der Waals surface area contributed by atoms with Crippen molar-refractivity contribution in [3.05, 3.63) is 29.8 Å². The third kappa shape index (κ3) is 5.94. The van der Waals surface area contributed by atoms with Gasteiger partial charge in [-0.1, -0.05) is 18.2 Å². The van der Waals surface area contributed by atoms with Crippen molar-refractivity contribution in [2.45, 2.75) is 32.4 Å². The molecule has 5 heteroatoms. The first-order chi connectivity index (χ1) is 8.54. The predicted molar refractivity (Wildman–Crippen MR) is 79.6 cm³/mol. The van der Waals surface area contributed by atoms with E-state index < -0.39 is 0 Å². The van der Waals surface area contributed by atoms with Gasteiger partial charge in [-0.05, 0) is 19.4 Å². The van der Waals surface area contributed by atoms with Crippen molar-refractivity contribution >= 4 is 18.3 Å². The molecule has 1 unspecified atom stereocenters. The molecule has 0 saturated heterocycles. The van der Waals surface area contributed by atoms with E-state index in [1.165, 1.54) is 0 Å². The maximum absolute atomic E-state index is 11.9. The van der Waals surface area contributed by atoms with E-state index in [-0.39, 0.29) is 24.4 Å². The van der Waals surface area contributed by atoms with Crippen LogP contribution < -0.4 is 10.5 Å². The fourth-order valence-corrected chi connectivity index (χ4v) is 1.72. The Hall–Kier alpha value is -1.26. The van der Waals surface area contributed by atoms with Gasteiger partial charge in [-0.3, -0.25) is 4.79 Å². The van der Waals surface area contributed by atoms with Crippen LogP contribution in [0.25, 0.3) is 0 Å². The van der Waals surface area contributed by atoms with E-state index in [1.807, 2.05) is 31.2 Å². The zero-order valence-electron chi connectivity index (χ0n) is 11.8. The van der Waals surface area contributed by atoms with Crippen molar-refractivity contribution in [3.63, 3.8) is 0 Å². The Balaban J connectivity index is 0.00000324. The van der Waals surface area contributed by atoms with Gasteiger partial charge in [0.15, 0.2) is 0 Å². The van der Waals surface area contributed by atoms with Gasteiger partial charge >= 0.3 is 0 Å². The van der Waals surface area contributed by atoms with Crippen molar-refractivity contribution in [3.8, 4) is 5.75 Å². The zero-order valence-corrected chi connectivity index (χ0v) is 12.6. The SMILES string of the molecule is COc1ccccc1CN(C)C(=O)CCC(C)N.Cl. The molecule has 0 spiro atoms. The fraction of sp³-hybridized carbons (Fsp3) is 0.500. The number of ether oxygens (including phenoxy) is 1. The molecule has 1 amide bonds. The monoisotopic (exact) mass is 286 g/mol. The van der Waals surface area contributed by atoms with Gasteiger partial charge in [-0.15, -0.1) is 12.4 Å². The number of halogens is 1. The van der Waals surface area contributed by atoms with E-state index in [0.29, 0.717) is 13.0 Å². The number of methoxy groups -OCH3 is 1. The zero-order chi connectivity index (χ0) is 13.5. The minimum Gasteiger partial charge on any atom is -0.496 e. The molecule has 19 heavy (non-hydrogen) atoms. The molecular formula is C14H23ClN2O2. The summed E-state index contributed by atoms with van der Waals surface area (Å²) in [6.45, 7) is 2.47. The summed E-state index contributed by atoms with van der Waals surface area (Å²) < 4.78 is 5.27. The third-order valence-corrected chi connectivity index (χ3v) is 2.84. The summed E-state index contributed by atoms with van der Waals surface area (Å²) in [5.41, 5.74) is 6.66. The molecule has 0 aliphatic carbocycles. The third-order valence-electron chi connectivity index (χ3n) is 2.84. The molecule has 1 aromatic rings. The summed E-state index contributed by atoms with van der Waals surface area (Å²) in [7, 11) is 3.44. The van der Waals surface area contributed by atoms with Crippen LogP contribution in [-0.4, -0.2) is 31.0 Å². The summed E-state index contributed by atoms with van der Waals surface area (Å²) in [5.74, 6) is 0.919. The van der Waals surface area contributed by atoms with E-state index in [1.54, 1.807) is 19.1 Å². The lowest BCUT2D eigenvalue weighted by atomic mass is 10.1. The molecule has 0 bridgehead atoms. The molecule has 0 fully saturated rings. The number of amides is 1. The number of nitrogens with two attached hydrogens (primary N) is 1. The van der Waals surface area contributed by atoms with Crippen LogP contribution in [0.3, 0.4) is 0 Å². The maximum Gasteiger partial charge on any atom is 0.222 e. The highest BCUT2D eigenvalue weighted by atomic mass is 35.5. The van der Waals surface area contributed by atoms with E-state index in [9.17, 15) is 4.79 Å². The Labute approximate surface area is 121 Å². The molecule has 0 heterocycles. The molecule has 0 saturated carbocycles. The average molecular weight is 287 g/mol. The standard InChI is InChI=1S/C14H22N2O2.ClH/c1-11(15)8-9-14(17)16(2)10-12-6-4-5-7-13(12)18-3;/h4-7,11H,8-10,15H2,1-3H3;1H. The van der Waals surface area contributed by atoms with Crippen molar-refractivity contribution in [1.82, 2.24) is 4.90 Å². The second-order valence-electron chi connectivity index (χ2n) is 4.58. The van der Waals surface area contributed by atoms with Gasteiger partial charge in [0, 0.05) is 31.6 Å². The van der Waals surface area contributed by atoms with Gasteiger partial charge in [0.1, 0.15) is 5.75 Å². The average Bonchev–Trinajstić information content (AvgIpc) is 2.36. The molecule has 108 valence electrons. The largest absolute Gasteiger partial charge is 0.496 e. The highest BCUT2D eigenvalue weighted by Gasteiger charge is 2.12. The molecule has 1 atom stereocenters. The molecule has 0 radical (unpaired) electrons. The van der Waals surface area contributed by atoms with Crippen molar-refractivity contribution in [2.24, 2.45) is 5.73 Å². The van der Waals surface area contributed by atoms with Crippen molar-refractivity contribution in [2.75, 3.05) is 14.2 Å². The highest BCUT2D eigenvalue weighted by Crippen LogP contribution is 2.19. The van der Waals surface area contributed by atoms with E-state index in [4.69, 9.17) is 10.5 Å². The number of hydrogen-bond donors (Lipinski definition) is 1. The van der Waals surface area contributed by atoms with Crippen LogP contribution in [0.5, 0.6) is 5.75 Å². The molecule has 0 aromatic heterocycles. The van der Waals surface area contributed by atoms with Gasteiger partial charge in [0.2, 0.25) is 5.91 Å². The van der Waals surface area contributed by atoms with Crippen LogP contribution in [0.4, 0.5) is 0 Å². The number of hydrogen-bond acceptors (Lipinski definition) is 3. The number of benzene rings is 1. The lowest BCUT2D eigenvalue weighted by molar-refractivity contribution is -0.130. The van der Waals surface area contributed by atoms with Crippen molar-refractivity contribution in [1.29, 1.82) is 0 Å². The molecule has 2 N–H and O–H groups in total. The minimum absolute atomic E-state index is 0. The van der Waals surface area contributed by atoms with Crippen molar-refractivity contribution < 1.29 is 9.53 Å². The summed E-state index contributed by atoms with van der Waals surface area (Å²) in [4.78, 5) is 13.6. The summed E-state index contributed by atoms with van der Waals surface area (Å²) in [6.07, 6.45) is 1.21. The minimum atomic E-state index is 0. The Morgan fingerprint density at radius 1 is 1.42 bits per heavy atom. The smallest absolute Gasteiger partial charge is 0.222 e.